The van der Waals surface area contributed by atoms with Gasteiger partial charge in [-0.2, -0.15) is 0 Å². The van der Waals surface area contributed by atoms with Crippen LogP contribution in [0.4, 0.5) is 5.69 Å². The number of aromatic nitrogens is 2. The van der Waals surface area contributed by atoms with Crippen molar-refractivity contribution in [2.24, 2.45) is 0 Å². The van der Waals surface area contributed by atoms with Crippen molar-refractivity contribution in [3.8, 4) is 5.69 Å². The van der Waals surface area contributed by atoms with E-state index in [4.69, 9.17) is 23.8 Å². The molecule has 3 heterocycles. The average molecular weight is 538 g/mol. The quantitative estimate of drug-likeness (QED) is 0.282. The summed E-state index contributed by atoms with van der Waals surface area (Å²) in [4.78, 5) is 6.84. The third-order valence-electron chi connectivity index (χ3n) is 6.09. The molecular formula is C26H22BrClN4S. The third kappa shape index (κ3) is 3.97. The molecule has 0 bridgehead atoms. The van der Waals surface area contributed by atoms with Crippen molar-refractivity contribution >= 4 is 50.5 Å². The summed E-state index contributed by atoms with van der Waals surface area (Å²) in [6.45, 7) is 4.30. The van der Waals surface area contributed by atoms with Crippen LogP contribution in [0, 0.1) is 13.8 Å². The number of anilines is 1. The minimum Gasteiger partial charge on any atom is -0.351 e. The van der Waals surface area contributed by atoms with Crippen molar-refractivity contribution in [2.75, 3.05) is 4.90 Å². The van der Waals surface area contributed by atoms with Crippen molar-refractivity contribution in [3.63, 3.8) is 0 Å². The molecule has 0 radical (unpaired) electrons. The van der Waals surface area contributed by atoms with E-state index in [1.165, 1.54) is 5.56 Å². The molecule has 7 heteroatoms. The molecule has 166 valence electrons. The maximum atomic E-state index is 6.18. The minimum absolute atomic E-state index is 0.0731. The molecule has 1 saturated heterocycles. The van der Waals surface area contributed by atoms with Crippen molar-refractivity contribution < 1.29 is 0 Å². The van der Waals surface area contributed by atoms with E-state index in [1.807, 2.05) is 54.7 Å². The van der Waals surface area contributed by atoms with Gasteiger partial charge in [0.15, 0.2) is 5.11 Å². The smallest absolute Gasteiger partial charge is 0.174 e. The Bertz CT molecular complexity index is 1320. The van der Waals surface area contributed by atoms with E-state index < -0.39 is 0 Å². The Morgan fingerprint density at radius 3 is 2.42 bits per heavy atom. The van der Waals surface area contributed by atoms with Crippen molar-refractivity contribution in [3.05, 3.63) is 111 Å². The molecule has 0 spiro atoms. The number of rotatable bonds is 4. The molecule has 1 aliphatic rings. The SMILES string of the molecule is Cc1cc(C2C(c3ccccn3)NC(=S)N2c2ccc(Cl)cc2)c(C)n1-c1ccccc1Br. The number of halogens is 2. The summed E-state index contributed by atoms with van der Waals surface area (Å²) in [6.07, 6.45) is 1.83. The van der Waals surface area contributed by atoms with Gasteiger partial charge in [0.25, 0.3) is 0 Å². The number of para-hydroxylation sites is 1. The molecule has 0 saturated carbocycles. The first kappa shape index (κ1) is 22.1. The molecule has 2 aromatic carbocycles. The zero-order valence-corrected chi connectivity index (χ0v) is 21.3. The molecule has 2 atom stereocenters. The minimum atomic E-state index is -0.0949. The Hall–Kier alpha value is -2.67. The topological polar surface area (TPSA) is 33.1 Å². The lowest BCUT2D eigenvalue weighted by Crippen LogP contribution is -2.29. The maximum Gasteiger partial charge on any atom is 0.174 e. The standard InChI is InChI=1S/C26H22BrClN4S/c1-16-15-20(17(2)31(16)23-9-4-3-7-21(23)27)25-24(22-8-5-6-14-29-22)30-26(33)32(25)19-12-10-18(28)11-13-19/h3-15,24-25H,1-2H3,(H,30,33). The van der Waals surface area contributed by atoms with Crippen LogP contribution in [0.15, 0.2) is 83.5 Å². The molecule has 1 N–H and O–H groups in total. The molecule has 33 heavy (non-hydrogen) atoms. The van der Waals surface area contributed by atoms with Crippen LogP contribution in [0.5, 0.6) is 0 Å². The number of benzene rings is 2. The van der Waals surface area contributed by atoms with Gasteiger partial charge in [0.05, 0.1) is 23.5 Å². The van der Waals surface area contributed by atoms with Gasteiger partial charge in [0.2, 0.25) is 0 Å². The van der Waals surface area contributed by atoms with Gasteiger partial charge in [-0.15, -0.1) is 0 Å². The molecule has 5 rings (SSSR count). The highest BCUT2D eigenvalue weighted by atomic mass is 79.9. The Morgan fingerprint density at radius 2 is 1.73 bits per heavy atom. The van der Waals surface area contributed by atoms with Gasteiger partial charge in [-0.05, 0) is 102 Å². The van der Waals surface area contributed by atoms with E-state index in [1.54, 1.807) is 0 Å². The van der Waals surface area contributed by atoms with Crippen LogP contribution in [-0.2, 0) is 0 Å². The monoisotopic (exact) mass is 536 g/mol. The summed E-state index contributed by atoms with van der Waals surface area (Å²) < 4.78 is 3.34. The second-order valence-electron chi connectivity index (χ2n) is 8.09. The summed E-state index contributed by atoms with van der Waals surface area (Å²) in [5.41, 5.74) is 6.57. The highest BCUT2D eigenvalue weighted by Crippen LogP contribution is 2.44. The van der Waals surface area contributed by atoms with Gasteiger partial charge >= 0.3 is 0 Å². The Morgan fingerprint density at radius 1 is 1.00 bits per heavy atom. The number of pyridine rings is 1. The van der Waals surface area contributed by atoms with E-state index in [0.717, 1.165) is 32.9 Å². The number of nitrogens with one attached hydrogen (secondary N) is 1. The van der Waals surface area contributed by atoms with Crippen LogP contribution in [0.1, 0.15) is 34.7 Å². The number of thiocarbonyl (C=S) groups is 1. The lowest BCUT2D eigenvalue weighted by atomic mass is 9.96. The zero-order valence-electron chi connectivity index (χ0n) is 18.2. The van der Waals surface area contributed by atoms with E-state index in [9.17, 15) is 0 Å². The fourth-order valence-electron chi connectivity index (χ4n) is 4.64. The highest BCUT2D eigenvalue weighted by molar-refractivity contribution is 9.10. The number of hydrogen-bond donors (Lipinski definition) is 1. The molecule has 2 aromatic heterocycles. The van der Waals surface area contributed by atoms with E-state index in [2.05, 4.69) is 73.8 Å². The second kappa shape index (κ2) is 8.93. The molecule has 0 amide bonds. The molecule has 0 aliphatic carbocycles. The van der Waals surface area contributed by atoms with Crippen molar-refractivity contribution in [1.82, 2.24) is 14.9 Å². The lowest BCUT2D eigenvalue weighted by molar-refractivity contribution is 0.565. The average Bonchev–Trinajstić information content (AvgIpc) is 3.31. The van der Waals surface area contributed by atoms with Gasteiger partial charge in [0.1, 0.15) is 0 Å². The lowest BCUT2D eigenvalue weighted by Gasteiger charge is -2.28. The summed E-state index contributed by atoms with van der Waals surface area (Å²) in [5, 5.41) is 4.90. The molecular weight excluding hydrogens is 516 g/mol. The first-order valence-electron chi connectivity index (χ1n) is 10.7. The summed E-state index contributed by atoms with van der Waals surface area (Å²) in [5.74, 6) is 0. The van der Waals surface area contributed by atoms with Gasteiger partial charge in [-0.1, -0.05) is 29.8 Å². The predicted molar refractivity (Wildman–Crippen MR) is 142 cm³/mol. The van der Waals surface area contributed by atoms with Crippen LogP contribution < -0.4 is 10.2 Å². The molecule has 4 aromatic rings. The second-order valence-corrected chi connectivity index (χ2v) is 9.76. The fourth-order valence-corrected chi connectivity index (χ4v) is 5.58. The highest BCUT2D eigenvalue weighted by Gasteiger charge is 2.42. The number of hydrogen-bond acceptors (Lipinski definition) is 2. The van der Waals surface area contributed by atoms with Crippen LogP contribution >= 0.6 is 39.7 Å². The number of aryl methyl sites for hydroxylation is 1. The van der Waals surface area contributed by atoms with Crippen molar-refractivity contribution in [1.29, 1.82) is 0 Å². The predicted octanol–water partition coefficient (Wildman–Crippen LogP) is 7.08. The van der Waals surface area contributed by atoms with Crippen LogP contribution in [-0.4, -0.2) is 14.7 Å². The molecule has 4 nitrogen and oxygen atoms in total. The van der Waals surface area contributed by atoms with E-state index in [-0.39, 0.29) is 12.1 Å². The molecule has 2 unspecified atom stereocenters. The Balaban J connectivity index is 1.69. The third-order valence-corrected chi connectivity index (χ3v) is 7.32. The first-order valence-corrected chi connectivity index (χ1v) is 12.2. The van der Waals surface area contributed by atoms with Crippen LogP contribution in [0.3, 0.4) is 0 Å². The number of nitrogens with zero attached hydrogens (tertiary/aromatic N) is 3. The zero-order chi connectivity index (χ0) is 23.1. The Labute approximate surface area is 212 Å². The van der Waals surface area contributed by atoms with Gasteiger partial charge in [-0.25, -0.2) is 0 Å². The van der Waals surface area contributed by atoms with Gasteiger partial charge < -0.3 is 14.8 Å². The summed E-state index contributed by atoms with van der Waals surface area (Å²) in [6, 6.07) is 24.2. The van der Waals surface area contributed by atoms with Gasteiger partial charge in [-0.3, -0.25) is 4.98 Å². The molecule has 1 fully saturated rings. The van der Waals surface area contributed by atoms with Crippen LogP contribution in [0.2, 0.25) is 5.02 Å². The van der Waals surface area contributed by atoms with Crippen molar-refractivity contribution in [2.45, 2.75) is 25.9 Å². The molecule has 1 aliphatic heterocycles. The Kier molecular flexibility index (Phi) is 5.99. The normalized spacial score (nSPS) is 17.9. The first-order chi connectivity index (χ1) is 16.0. The largest absolute Gasteiger partial charge is 0.351 e. The maximum absolute atomic E-state index is 6.18. The van der Waals surface area contributed by atoms with Crippen LogP contribution in [0.25, 0.3) is 5.69 Å². The van der Waals surface area contributed by atoms with E-state index in [0.29, 0.717) is 10.1 Å². The summed E-state index contributed by atoms with van der Waals surface area (Å²) in [7, 11) is 0. The fraction of sp³-hybridized carbons (Fsp3) is 0.154. The van der Waals surface area contributed by atoms with E-state index >= 15 is 0 Å². The van der Waals surface area contributed by atoms with Gasteiger partial charge in [0, 0.05) is 32.8 Å². The summed E-state index contributed by atoms with van der Waals surface area (Å²) >= 11 is 15.7.